The fraction of sp³-hybridized carbons (Fsp3) is 0.389. The highest BCUT2D eigenvalue weighted by atomic mass is 16.2. The van der Waals surface area contributed by atoms with E-state index < -0.39 is 0 Å². The molecule has 0 saturated carbocycles. The zero-order valence-corrected chi connectivity index (χ0v) is 14.3. The number of benzene rings is 1. The topological polar surface area (TPSA) is 73.4 Å². The molecule has 132 valence electrons. The standard InChI is InChI=1S/C18H24N6O/c25-18(22-16-6-2-1-3-7-16)21-10-5-11-23-12-14-24(15-13-23)17-19-8-4-9-20-17/h1-4,6-9H,5,10-15H2,(H2,21,22,25). The first kappa shape index (κ1) is 17.2. The van der Waals surface area contributed by atoms with Crippen LogP contribution >= 0.6 is 0 Å². The average molecular weight is 340 g/mol. The molecular weight excluding hydrogens is 316 g/mol. The van der Waals surface area contributed by atoms with Gasteiger partial charge in [0.2, 0.25) is 5.95 Å². The van der Waals surface area contributed by atoms with Gasteiger partial charge >= 0.3 is 6.03 Å². The van der Waals surface area contributed by atoms with Gasteiger partial charge in [0.1, 0.15) is 0 Å². The summed E-state index contributed by atoms with van der Waals surface area (Å²) >= 11 is 0. The molecule has 0 spiro atoms. The van der Waals surface area contributed by atoms with E-state index in [1.165, 1.54) is 0 Å². The minimum atomic E-state index is -0.155. The van der Waals surface area contributed by atoms with E-state index in [9.17, 15) is 4.79 Å². The summed E-state index contributed by atoms with van der Waals surface area (Å²) in [6.07, 6.45) is 4.49. The number of nitrogens with zero attached hydrogens (tertiary/aromatic N) is 4. The van der Waals surface area contributed by atoms with Crippen molar-refractivity contribution in [3.8, 4) is 0 Å². The molecule has 2 heterocycles. The molecule has 3 rings (SSSR count). The lowest BCUT2D eigenvalue weighted by Crippen LogP contribution is -2.47. The highest BCUT2D eigenvalue weighted by molar-refractivity contribution is 5.89. The van der Waals surface area contributed by atoms with Crippen LogP contribution < -0.4 is 15.5 Å². The molecule has 0 atom stereocenters. The number of aromatic nitrogens is 2. The van der Waals surface area contributed by atoms with Gasteiger partial charge < -0.3 is 15.5 Å². The molecule has 1 aromatic heterocycles. The molecule has 1 aliphatic heterocycles. The first-order chi connectivity index (χ1) is 12.3. The number of amides is 2. The van der Waals surface area contributed by atoms with Gasteiger partial charge in [0.15, 0.2) is 0 Å². The fourth-order valence-electron chi connectivity index (χ4n) is 2.83. The Labute approximate surface area is 148 Å². The van der Waals surface area contributed by atoms with Gasteiger partial charge in [0.05, 0.1) is 0 Å². The van der Waals surface area contributed by atoms with Crippen molar-refractivity contribution in [1.82, 2.24) is 20.2 Å². The second kappa shape index (κ2) is 8.98. The molecule has 2 aromatic rings. The number of carbonyl (C=O) groups excluding carboxylic acids is 1. The minimum absolute atomic E-state index is 0.155. The van der Waals surface area contributed by atoms with Gasteiger partial charge in [0.25, 0.3) is 0 Å². The van der Waals surface area contributed by atoms with Crippen LogP contribution in [0.1, 0.15) is 6.42 Å². The molecule has 1 saturated heterocycles. The van der Waals surface area contributed by atoms with E-state index in [-0.39, 0.29) is 6.03 Å². The van der Waals surface area contributed by atoms with Crippen LogP contribution in [0.2, 0.25) is 0 Å². The van der Waals surface area contributed by atoms with Crippen molar-refractivity contribution in [2.75, 3.05) is 49.5 Å². The zero-order valence-electron chi connectivity index (χ0n) is 14.3. The van der Waals surface area contributed by atoms with Gasteiger partial charge in [-0.25, -0.2) is 14.8 Å². The average Bonchev–Trinajstić information content (AvgIpc) is 2.67. The molecule has 1 fully saturated rings. The number of piperazine rings is 1. The number of carbonyl (C=O) groups is 1. The highest BCUT2D eigenvalue weighted by Crippen LogP contribution is 2.09. The van der Waals surface area contributed by atoms with Gasteiger partial charge in [-0.3, -0.25) is 4.90 Å². The normalized spacial score (nSPS) is 15.0. The number of nitrogens with one attached hydrogen (secondary N) is 2. The largest absolute Gasteiger partial charge is 0.338 e. The van der Waals surface area contributed by atoms with Crippen molar-refractivity contribution < 1.29 is 4.79 Å². The summed E-state index contributed by atoms with van der Waals surface area (Å²) in [6.45, 7) is 5.51. The van der Waals surface area contributed by atoms with E-state index in [1.54, 1.807) is 12.4 Å². The summed E-state index contributed by atoms with van der Waals surface area (Å²) < 4.78 is 0. The molecule has 7 nitrogen and oxygen atoms in total. The molecule has 1 aliphatic rings. The maximum Gasteiger partial charge on any atom is 0.319 e. The molecule has 0 bridgehead atoms. The molecule has 7 heteroatoms. The lowest BCUT2D eigenvalue weighted by molar-refractivity contribution is 0.244. The van der Waals surface area contributed by atoms with Crippen LogP contribution in [0.15, 0.2) is 48.8 Å². The summed E-state index contributed by atoms with van der Waals surface area (Å²) in [5.41, 5.74) is 0.805. The third kappa shape index (κ3) is 5.42. The van der Waals surface area contributed by atoms with E-state index in [0.29, 0.717) is 6.54 Å². The van der Waals surface area contributed by atoms with Crippen LogP contribution in [0.4, 0.5) is 16.4 Å². The number of rotatable bonds is 6. The van der Waals surface area contributed by atoms with Crippen LogP contribution in [0.5, 0.6) is 0 Å². The smallest absolute Gasteiger partial charge is 0.319 e. The predicted molar refractivity (Wildman–Crippen MR) is 98.8 cm³/mol. The first-order valence-corrected chi connectivity index (χ1v) is 8.65. The van der Waals surface area contributed by atoms with E-state index in [0.717, 1.165) is 50.8 Å². The van der Waals surface area contributed by atoms with Crippen LogP contribution in [0.3, 0.4) is 0 Å². The van der Waals surface area contributed by atoms with E-state index in [4.69, 9.17) is 0 Å². The Morgan fingerprint density at radius 1 is 1.00 bits per heavy atom. The fourth-order valence-corrected chi connectivity index (χ4v) is 2.83. The van der Waals surface area contributed by atoms with Gasteiger partial charge in [-0.15, -0.1) is 0 Å². The van der Waals surface area contributed by atoms with Crippen molar-refractivity contribution >= 4 is 17.7 Å². The summed E-state index contributed by atoms with van der Waals surface area (Å²) in [7, 11) is 0. The lowest BCUT2D eigenvalue weighted by atomic mass is 10.3. The maximum atomic E-state index is 11.8. The Kier molecular flexibility index (Phi) is 6.17. The monoisotopic (exact) mass is 340 g/mol. The van der Waals surface area contributed by atoms with Crippen LogP contribution in [0, 0.1) is 0 Å². The van der Waals surface area contributed by atoms with Gasteiger partial charge in [-0.05, 0) is 31.2 Å². The van der Waals surface area contributed by atoms with Crippen molar-refractivity contribution in [2.24, 2.45) is 0 Å². The van der Waals surface area contributed by atoms with E-state index >= 15 is 0 Å². The maximum absolute atomic E-state index is 11.8. The van der Waals surface area contributed by atoms with E-state index in [1.807, 2.05) is 36.4 Å². The van der Waals surface area contributed by atoms with Crippen molar-refractivity contribution in [3.63, 3.8) is 0 Å². The summed E-state index contributed by atoms with van der Waals surface area (Å²) in [4.78, 5) is 25.0. The molecule has 2 amide bonds. The number of urea groups is 1. The Hall–Kier alpha value is -2.67. The minimum Gasteiger partial charge on any atom is -0.338 e. The Morgan fingerprint density at radius 2 is 1.72 bits per heavy atom. The summed E-state index contributed by atoms with van der Waals surface area (Å²) in [5, 5.41) is 5.72. The Balaban J connectivity index is 1.29. The van der Waals surface area contributed by atoms with Crippen molar-refractivity contribution in [3.05, 3.63) is 48.8 Å². The Morgan fingerprint density at radius 3 is 2.44 bits per heavy atom. The third-order valence-electron chi connectivity index (χ3n) is 4.18. The van der Waals surface area contributed by atoms with Crippen LogP contribution in [-0.4, -0.2) is 60.2 Å². The quantitative estimate of drug-likeness (QED) is 0.785. The molecule has 0 unspecified atom stereocenters. The second-order valence-electron chi connectivity index (χ2n) is 5.98. The van der Waals surface area contributed by atoms with Gasteiger partial charge in [0, 0.05) is 50.8 Å². The highest BCUT2D eigenvalue weighted by Gasteiger charge is 2.18. The molecule has 25 heavy (non-hydrogen) atoms. The summed E-state index contributed by atoms with van der Waals surface area (Å²) in [6, 6.07) is 11.1. The van der Waals surface area contributed by atoms with Crippen LogP contribution in [-0.2, 0) is 0 Å². The predicted octanol–water partition coefficient (Wildman–Crippen LogP) is 1.81. The third-order valence-corrected chi connectivity index (χ3v) is 4.18. The van der Waals surface area contributed by atoms with Gasteiger partial charge in [-0.2, -0.15) is 0 Å². The number of hydrogen-bond acceptors (Lipinski definition) is 5. The number of hydrogen-bond donors (Lipinski definition) is 2. The number of para-hydroxylation sites is 1. The Bertz CT molecular complexity index is 643. The van der Waals surface area contributed by atoms with E-state index in [2.05, 4.69) is 30.4 Å². The lowest BCUT2D eigenvalue weighted by Gasteiger charge is -2.34. The molecular formula is C18H24N6O. The van der Waals surface area contributed by atoms with Gasteiger partial charge in [-0.1, -0.05) is 18.2 Å². The molecule has 0 radical (unpaired) electrons. The van der Waals surface area contributed by atoms with Crippen molar-refractivity contribution in [2.45, 2.75) is 6.42 Å². The second-order valence-corrected chi connectivity index (χ2v) is 5.98. The molecule has 2 N–H and O–H groups in total. The van der Waals surface area contributed by atoms with Crippen molar-refractivity contribution in [1.29, 1.82) is 0 Å². The SMILES string of the molecule is O=C(NCCCN1CCN(c2ncccn2)CC1)Nc1ccccc1. The first-order valence-electron chi connectivity index (χ1n) is 8.65. The number of anilines is 2. The van der Waals surface area contributed by atoms with Crippen LogP contribution in [0.25, 0.3) is 0 Å². The zero-order chi connectivity index (χ0) is 17.3. The summed E-state index contributed by atoms with van der Waals surface area (Å²) in [5.74, 6) is 0.807. The molecule has 1 aromatic carbocycles. The molecule has 0 aliphatic carbocycles.